The SMILES string of the molecule is CC(C)[C@@H](NC(=O)CCN1C(=O)NC2(CCCCC2)C1=O)c1cccs1. The second kappa shape index (κ2) is 7.78. The highest BCUT2D eigenvalue weighted by atomic mass is 32.1. The third kappa shape index (κ3) is 3.77. The molecule has 7 heteroatoms. The average Bonchev–Trinajstić information content (AvgIpc) is 3.20. The van der Waals surface area contributed by atoms with Crippen molar-refractivity contribution in [1.82, 2.24) is 15.5 Å². The van der Waals surface area contributed by atoms with Gasteiger partial charge in [0.05, 0.1) is 6.04 Å². The van der Waals surface area contributed by atoms with Gasteiger partial charge in [-0.2, -0.15) is 0 Å². The number of carbonyl (C=O) groups is 3. The van der Waals surface area contributed by atoms with Crippen LogP contribution in [0.3, 0.4) is 0 Å². The summed E-state index contributed by atoms with van der Waals surface area (Å²) in [6.07, 6.45) is 4.55. The molecule has 0 bridgehead atoms. The first-order valence-corrected chi connectivity index (χ1v) is 10.3. The van der Waals surface area contributed by atoms with E-state index in [1.165, 1.54) is 4.90 Å². The predicted octanol–water partition coefficient (Wildman–Crippen LogP) is 3.21. The lowest BCUT2D eigenvalue weighted by molar-refractivity contribution is -0.132. The van der Waals surface area contributed by atoms with Gasteiger partial charge in [-0.3, -0.25) is 14.5 Å². The van der Waals surface area contributed by atoms with E-state index in [0.717, 1.165) is 24.1 Å². The van der Waals surface area contributed by atoms with Gasteiger partial charge in [-0.1, -0.05) is 39.2 Å². The van der Waals surface area contributed by atoms with Gasteiger partial charge in [-0.15, -0.1) is 11.3 Å². The van der Waals surface area contributed by atoms with Gasteiger partial charge >= 0.3 is 6.03 Å². The number of nitrogens with zero attached hydrogens (tertiary/aromatic N) is 1. The van der Waals surface area contributed by atoms with Crippen molar-refractivity contribution in [2.24, 2.45) is 5.92 Å². The van der Waals surface area contributed by atoms with Gasteiger partial charge < -0.3 is 10.6 Å². The molecule has 1 saturated carbocycles. The van der Waals surface area contributed by atoms with Crippen molar-refractivity contribution < 1.29 is 14.4 Å². The van der Waals surface area contributed by atoms with Crippen LogP contribution in [0.15, 0.2) is 17.5 Å². The molecule has 0 unspecified atom stereocenters. The Morgan fingerprint density at radius 2 is 2.04 bits per heavy atom. The fourth-order valence-corrected chi connectivity index (χ4v) is 4.82. The molecule has 3 rings (SSSR count). The Bertz CT molecular complexity index is 666. The van der Waals surface area contributed by atoms with E-state index in [-0.39, 0.29) is 42.8 Å². The van der Waals surface area contributed by atoms with E-state index >= 15 is 0 Å². The minimum atomic E-state index is -0.719. The molecule has 1 atom stereocenters. The van der Waals surface area contributed by atoms with Crippen molar-refractivity contribution in [3.8, 4) is 0 Å². The predicted molar refractivity (Wildman–Crippen MR) is 101 cm³/mol. The summed E-state index contributed by atoms with van der Waals surface area (Å²) in [6.45, 7) is 4.26. The zero-order chi connectivity index (χ0) is 18.7. The van der Waals surface area contributed by atoms with Crippen LogP contribution in [-0.4, -0.2) is 34.8 Å². The van der Waals surface area contributed by atoms with Crippen molar-refractivity contribution in [3.63, 3.8) is 0 Å². The van der Waals surface area contributed by atoms with Crippen LogP contribution in [0.1, 0.15) is 63.3 Å². The number of thiophene rings is 1. The Morgan fingerprint density at radius 3 is 2.65 bits per heavy atom. The average molecular weight is 378 g/mol. The fourth-order valence-electron chi connectivity index (χ4n) is 3.87. The van der Waals surface area contributed by atoms with E-state index in [9.17, 15) is 14.4 Å². The number of rotatable bonds is 6. The molecule has 1 aromatic heterocycles. The van der Waals surface area contributed by atoms with Crippen molar-refractivity contribution in [1.29, 1.82) is 0 Å². The second-order valence-corrected chi connectivity index (χ2v) is 8.56. The summed E-state index contributed by atoms with van der Waals surface area (Å²) >= 11 is 1.62. The maximum Gasteiger partial charge on any atom is 0.325 e. The van der Waals surface area contributed by atoms with Crippen LogP contribution in [0.4, 0.5) is 4.79 Å². The third-order valence-electron chi connectivity index (χ3n) is 5.35. The van der Waals surface area contributed by atoms with Crippen molar-refractivity contribution in [2.75, 3.05) is 6.54 Å². The number of nitrogens with one attached hydrogen (secondary N) is 2. The molecular formula is C19H27N3O3S. The van der Waals surface area contributed by atoms with E-state index < -0.39 is 5.54 Å². The minimum absolute atomic E-state index is 0.0460. The Kier molecular flexibility index (Phi) is 5.65. The zero-order valence-corrected chi connectivity index (χ0v) is 16.2. The summed E-state index contributed by atoms with van der Waals surface area (Å²) in [6, 6.07) is 3.58. The highest BCUT2D eigenvalue weighted by Gasteiger charge is 2.51. The lowest BCUT2D eigenvalue weighted by atomic mass is 9.82. The molecule has 0 radical (unpaired) electrons. The molecular weight excluding hydrogens is 350 g/mol. The molecule has 0 aromatic carbocycles. The van der Waals surface area contributed by atoms with E-state index in [1.54, 1.807) is 11.3 Å². The first kappa shape index (κ1) is 18.9. The molecule has 2 heterocycles. The van der Waals surface area contributed by atoms with E-state index in [2.05, 4.69) is 24.5 Å². The number of hydrogen-bond acceptors (Lipinski definition) is 4. The first-order chi connectivity index (χ1) is 12.4. The van der Waals surface area contributed by atoms with E-state index in [1.807, 2.05) is 17.5 Å². The summed E-state index contributed by atoms with van der Waals surface area (Å²) in [7, 11) is 0. The smallest absolute Gasteiger partial charge is 0.325 e. The Labute approximate surface area is 158 Å². The van der Waals surface area contributed by atoms with Crippen molar-refractivity contribution in [3.05, 3.63) is 22.4 Å². The summed E-state index contributed by atoms with van der Waals surface area (Å²) in [4.78, 5) is 39.7. The van der Waals surface area contributed by atoms with Gasteiger partial charge in [-0.05, 0) is 30.2 Å². The van der Waals surface area contributed by atoms with E-state index in [4.69, 9.17) is 0 Å². The molecule has 1 saturated heterocycles. The molecule has 142 valence electrons. The second-order valence-electron chi connectivity index (χ2n) is 7.58. The molecule has 4 amide bonds. The van der Waals surface area contributed by atoms with Crippen LogP contribution in [0.5, 0.6) is 0 Å². The maximum absolute atomic E-state index is 12.7. The molecule has 26 heavy (non-hydrogen) atoms. The molecule has 1 aliphatic heterocycles. The number of amides is 4. The van der Waals surface area contributed by atoms with Crippen LogP contribution in [0, 0.1) is 5.92 Å². The molecule has 1 aliphatic carbocycles. The van der Waals surface area contributed by atoms with Crippen LogP contribution in [0.25, 0.3) is 0 Å². The Balaban J connectivity index is 1.57. The standard InChI is InChI=1S/C19H27N3O3S/c1-13(2)16(14-7-6-12-26-14)20-15(23)8-11-22-17(24)19(21-18(22)25)9-4-3-5-10-19/h6-7,12-13,16H,3-5,8-11H2,1-2H3,(H,20,23)(H,21,25)/t16-/m1/s1. The molecule has 6 nitrogen and oxygen atoms in total. The topological polar surface area (TPSA) is 78.5 Å². The summed E-state index contributed by atoms with van der Waals surface area (Å²) in [5, 5.41) is 7.92. The van der Waals surface area contributed by atoms with Crippen LogP contribution in [-0.2, 0) is 9.59 Å². The Hall–Kier alpha value is -1.89. The number of carbonyl (C=O) groups excluding carboxylic acids is 3. The van der Waals surface area contributed by atoms with Crippen LogP contribution >= 0.6 is 11.3 Å². The zero-order valence-electron chi connectivity index (χ0n) is 15.4. The molecule has 2 fully saturated rings. The van der Waals surface area contributed by atoms with Gasteiger partial charge in [-0.25, -0.2) is 4.79 Å². The quantitative estimate of drug-likeness (QED) is 0.747. The van der Waals surface area contributed by atoms with Crippen LogP contribution in [0.2, 0.25) is 0 Å². The minimum Gasteiger partial charge on any atom is -0.348 e. The van der Waals surface area contributed by atoms with Crippen LogP contribution < -0.4 is 10.6 Å². The lowest BCUT2D eigenvalue weighted by Crippen LogP contribution is -2.48. The van der Waals surface area contributed by atoms with Crippen molar-refractivity contribution in [2.45, 2.75) is 64.0 Å². The highest BCUT2D eigenvalue weighted by molar-refractivity contribution is 7.10. The highest BCUT2D eigenvalue weighted by Crippen LogP contribution is 2.33. The summed E-state index contributed by atoms with van der Waals surface area (Å²) in [5.41, 5.74) is -0.719. The number of urea groups is 1. The van der Waals surface area contributed by atoms with Gasteiger partial charge in [0.2, 0.25) is 5.91 Å². The number of imide groups is 1. The first-order valence-electron chi connectivity index (χ1n) is 9.40. The molecule has 2 N–H and O–H groups in total. The monoisotopic (exact) mass is 377 g/mol. The molecule has 1 aromatic rings. The normalized spacial score (nSPS) is 20.5. The summed E-state index contributed by atoms with van der Waals surface area (Å²) in [5.74, 6) is -0.0317. The maximum atomic E-state index is 12.7. The van der Waals surface area contributed by atoms with Gasteiger partial charge in [0.1, 0.15) is 5.54 Å². The van der Waals surface area contributed by atoms with Crippen molar-refractivity contribution >= 4 is 29.2 Å². The van der Waals surface area contributed by atoms with Gasteiger partial charge in [0.25, 0.3) is 5.91 Å². The third-order valence-corrected chi connectivity index (χ3v) is 6.30. The fraction of sp³-hybridized carbons (Fsp3) is 0.632. The Morgan fingerprint density at radius 1 is 1.31 bits per heavy atom. The largest absolute Gasteiger partial charge is 0.348 e. The van der Waals surface area contributed by atoms with Gasteiger partial charge in [0, 0.05) is 17.8 Å². The molecule has 1 spiro atoms. The van der Waals surface area contributed by atoms with E-state index in [0.29, 0.717) is 12.8 Å². The lowest BCUT2D eigenvalue weighted by Gasteiger charge is -2.30. The molecule has 2 aliphatic rings. The van der Waals surface area contributed by atoms with Gasteiger partial charge in [0.15, 0.2) is 0 Å². The number of hydrogen-bond donors (Lipinski definition) is 2. The summed E-state index contributed by atoms with van der Waals surface area (Å²) < 4.78 is 0.